The Labute approximate surface area is 177 Å². The molecule has 30 heavy (non-hydrogen) atoms. The van der Waals surface area contributed by atoms with Gasteiger partial charge in [-0.15, -0.1) is 5.10 Å². The van der Waals surface area contributed by atoms with E-state index in [0.717, 1.165) is 5.56 Å². The summed E-state index contributed by atoms with van der Waals surface area (Å²) >= 11 is 1.35. The third kappa shape index (κ3) is 3.84. The number of carbonyl (C=O) groups is 1. The second-order valence-electron chi connectivity index (χ2n) is 7.05. The van der Waals surface area contributed by atoms with E-state index in [0.29, 0.717) is 54.9 Å². The third-order valence-electron chi connectivity index (χ3n) is 5.18. The number of aromatic nitrogens is 3. The Balaban J connectivity index is 1.67. The van der Waals surface area contributed by atoms with Crippen molar-refractivity contribution in [2.45, 2.75) is 26.3 Å². The van der Waals surface area contributed by atoms with Crippen molar-refractivity contribution in [1.29, 1.82) is 0 Å². The molecule has 2 aromatic heterocycles. The fraction of sp³-hybridized carbons (Fsp3) is 0.450. The summed E-state index contributed by atoms with van der Waals surface area (Å²) in [6.07, 6.45) is 0.347. The second kappa shape index (κ2) is 8.57. The molecule has 3 heterocycles. The van der Waals surface area contributed by atoms with Crippen LogP contribution < -0.4 is 0 Å². The molecule has 160 valence electrons. The van der Waals surface area contributed by atoms with Gasteiger partial charge in [0.15, 0.2) is 5.82 Å². The first-order valence-electron chi connectivity index (χ1n) is 10.00. The third-order valence-corrected chi connectivity index (χ3v) is 6.25. The predicted octanol–water partition coefficient (Wildman–Crippen LogP) is 3.06. The first kappa shape index (κ1) is 20.5. The summed E-state index contributed by atoms with van der Waals surface area (Å²) in [6.45, 7) is 6.18. The Bertz CT molecular complexity index is 1040. The van der Waals surface area contributed by atoms with E-state index in [4.69, 9.17) is 4.74 Å². The van der Waals surface area contributed by atoms with Crippen LogP contribution in [0.3, 0.4) is 0 Å². The van der Waals surface area contributed by atoms with Crippen LogP contribution in [-0.2, 0) is 11.2 Å². The Morgan fingerprint density at radius 3 is 2.70 bits per heavy atom. The van der Waals surface area contributed by atoms with Crippen molar-refractivity contribution in [2.75, 3.05) is 32.8 Å². The molecule has 1 amide bonds. The molecule has 1 N–H and O–H groups in total. The quantitative estimate of drug-likeness (QED) is 0.666. The lowest BCUT2D eigenvalue weighted by Crippen LogP contribution is -2.49. The first-order chi connectivity index (χ1) is 14.5. The number of thiazole rings is 1. The fourth-order valence-electron chi connectivity index (χ4n) is 3.70. The van der Waals surface area contributed by atoms with E-state index in [9.17, 15) is 14.3 Å². The summed E-state index contributed by atoms with van der Waals surface area (Å²) in [5.74, 6) is 0.340. The molecule has 4 rings (SSSR count). The smallest absolute Gasteiger partial charge is 0.409 e. The number of hydrogen-bond acceptors (Lipinski definition) is 7. The zero-order chi connectivity index (χ0) is 21.3. The molecule has 1 aromatic carbocycles. The van der Waals surface area contributed by atoms with E-state index in [-0.39, 0.29) is 23.8 Å². The number of aryl methyl sites for hydroxylation is 1. The largest absolute Gasteiger partial charge is 0.492 e. The van der Waals surface area contributed by atoms with Crippen molar-refractivity contribution in [3.05, 3.63) is 46.3 Å². The zero-order valence-electron chi connectivity index (χ0n) is 16.9. The van der Waals surface area contributed by atoms with Gasteiger partial charge >= 0.3 is 6.09 Å². The van der Waals surface area contributed by atoms with Crippen molar-refractivity contribution in [2.24, 2.45) is 0 Å². The van der Waals surface area contributed by atoms with E-state index >= 15 is 0 Å². The van der Waals surface area contributed by atoms with Crippen LogP contribution in [-0.4, -0.2) is 68.4 Å². The van der Waals surface area contributed by atoms with Crippen LogP contribution in [0.5, 0.6) is 5.88 Å². The molecule has 1 fully saturated rings. The molecular formula is C20H24FN5O3S. The van der Waals surface area contributed by atoms with E-state index in [2.05, 4.69) is 15.0 Å². The summed E-state index contributed by atoms with van der Waals surface area (Å²) in [5, 5.41) is 15.3. The van der Waals surface area contributed by atoms with Gasteiger partial charge in [-0.25, -0.2) is 14.2 Å². The number of benzene rings is 1. The van der Waals surface area contributed by atoms with Gasteiger partial charge in [-0.3, -0.25) is 4.90 Å². The summed E-state index contributed by atoms with van der Waals surface area (Å²) in [6, 6.07) is 6.02. The molecule has 8 nitrogen and oxygen atoms in total. The number of nitrogens with zero attached hydrogens (tertiary/aromatic N) is 5. The number of piperazine rings is 1. The molecule has 1 saturated heterocycles. The molecule has 1 atom stereocenters. The van der Waals surface area contributed by atoms with E-state index < -0.39 is 0 Å². The van der Waals surface area contributed by atoms with Crippen molar-refractivity contribution in [3.63, 3.8) is 0 Å². The van der Waals surface area contributed by atoms with Crippen LogP contribution in [0.15, 0.2) is 24.3 Å². The number of hydrogen-bond donors (Lipinski definition) is 1. The lowest BCUT2D eigenvalue weighted by Gasteiger charge is -2.38. The van der Waals surface area contributed by atoms with Crippen molar-refractivity contribution < 1.29 is 19.0 Å². The normalized spacial score (nSPS) is 16.2. The van der Waals surface area contributed by atoms with Gasteiger partial charge in [-0.1, -0.05) is 30.4 Å². The molecule has 10 heteroatoms. The highest BCUT2D eigenvalue weighted by atomic mass is 32.1. The Hall–Kier alpha value is -2.72. The van der Waals surface area contributed by atoms with Crippen LogP contribution in [0.2, 0.25) is 0 Å². The average molecular weight is 434 g/mol. The van der Waals surface area contributed by atoms with Crippen LogP contribution in [0.25, 0.3) is 4.96 Å². The summed E-state index contributed by atoms with van der Waals surface area (Å²) in [7, 11) is 0. The van der Waals surface area contributed by atoms with Gasteiger partial charge in [0.1, 0.15) is 5.82 Å². The molecule has 0 spiro atoms. The number of carbonyl (C=O) groups excluding carboxylic acids is 1. The number of ether oxygens (including phenoxy) is 1. The number of rotatable bonds is 5. The average Bonchev–Trinajstić information content (AvgIpc) is 3.28. The zero-order valence-corrected chi connectivity index (χ0v) is 17.7. The van der Waals surface area contributed by atoms with Crippen molar-refractivity contribution in [3.8, 4) is 5.88 Å². The highest BCUT2D eigenvalue weighted by Crippen LogP contribution is 2.40. The fourth-order valence-corrected chi connectivity index (χ4v) is 4.84. The molecule has 1 aliphatic rings. The minimum atomic E-state index is -0.372. The van der Waals surface area contributed by atoms with Crippen LogP contribution in [0.4, 0.5) is 9.18 Å². The van der Waals surface area contributed by atoms with Gasteiger partial charge in [0, 0.05) is 32.6 Å². The molecule has 0 bridgehead atoms. The van der Waals surface area contributed by atoms with Gasteiger partial charge in [0.2, 0.25) is 10.8 Å². The van der Waals surface area contributed by atoms with Gasteiger partial charge in [-0.2, -0.15) is 4.52 Å². The Morgan fingerprint density at radius 2 is 2.07 bits per heavy atom. The predicted molar refractivity (Wildman–Crippen MR) is 110 cm³/mol. The van der Waals surface area contributed by atoms with Gasteiger partial charge in [0.05, 0.1) is 17.5 Å². The summed E-state index contributed by atoms with van der Waals surface area (Å²) in [5.41, 5.74) is 0.732. The molecule has 1 unspecified atom stereocenters. The van der Waals surface area contributed by atoms with Gasteiger partial charge in [-0.05, 0) is 24.6 Å². The van der Waals surface area contributed by atoms with Crippen LogP contribution in [0, 0.1) is 5.82 Å². The molecule has 0 radical (unpaired) electrons. The lowest BCUT2D eigenvalue weighted by molar-refractivity contribution is 0.0715. The molecular weight excluding hydrogens is 409 g/mol. The summed E-state index contributed by atoms with van der Waals surface area (Å²) < 4.78 is 20.6. The summed E-state index contributed by atoms with van der Waals surface area (Å²) in [4.78, 5) is 21.5. The monoisotopic (exact) mass is 433 g/mol. The van der Waals surface area contributed by atoms with E-state index in [1.165, 1.54) is 28.0 Å². The van der Waals surface area contributed by atoms with Crippen LogP contribution >= 0.6 is 11.3 Å². The van der Waals surface area contributed by atoms with E-state index in [1.54, 1.807) is 17.9 Å². The molecule has 3 aromatic rings. The second-order valence-corrected chi connectivity index (χ2v) is 8.05. The number of amides is 1. The maximum atomic E-state index is 14.0. The van der Waals surface area contributed by atoms with Crippen molar-refractivity contribution >= 4 is 22.4 Å². The Morgan fingerprint density at radius 1 is 1.30 bits per heavy atom. The number of fused-ring (bicyclic) bond motifs is 1. The SMILES string of the molecule is CCOC(=O)N1CCN(C(c2cccc(F)c2)c2sc3nc(CC)nn3c2O)CC1. The molecule has 1 aliphatic heterocycles. The molecule has 0 aliphatic carbocycles. The first-order valence-corrected chi connectivity index (χ1v) is 10.8. The number of halogens is 1. The topological polar surface area (TPSA) is 83.2 Å². The maximum Gasteiger partial charge on any atom is 0.409 e. The molecule has 0 saturated carbocycles. The standard InChI is InChI=1S/C20H24FN5O3S/c1-3-15-22-19-26(23-15)18(27)17(30-19)16(13-6-5-7-14(21)12-13)24-8-10-25(11-9-24)20(28)29-4-2/h5-7,12,16,27H,3-4,8-11H2,1-2H3. The minimum Gasteiger partial charge on any atom is -0.492 e. The van der Waals surface area contributed by atoms with E-state index in [1.807, 2.05) is 13.0 Å². The van der Waals surface area contributed by atoms with Gasteiger partial charge < -0.3 is 14.7 Å². The number of aromatic hydroxyl groups is 1. The van der Waals surface area contributed by atoms with Gasteiger partial charge in [0.25, 0.3) is 0 Å². The van der Waals surface area contributed by atoms with Crippen molar-refractivity contribution in [1.82, 2.24) is 24.4 Å². The minimum absolute atomic E-state index is 0.0179. The lowest BCUT2D eigenvalue weighted by atomic mass is 10.0. The highest BCUT2D eigenvalue weighted by molar-refractivity contribution is 7.17. The van der Waals surface area contributed by atoms with Crippen LogP contribution in [0.1, 0.15) is 36.2 Å². The maximum absolute atomic E-state index is 14.0. The highest BCUT2D eigenvalue weighted by Gasteiger charge is 2.33. The Kier molecular flexibility index (Phi) is 5.87.